The molecule has 0 spiro atoms. The van der Waals surface area contributed by atoms with Crippen LogP contribution in [0, 0.1) is 0 Å². The molecule has 0 saturated heterocycles. The highest BCUT2D eigenvalue weighted by Gasteiger charge is 2.20. The van der Waals surface area contributed by atoms with E-state index in [9.17, 15) is 4.79 Å². The molecule has 0 saturated carbocycles. The lowest BCUT2D eigenvalue weighted by Crippen LogP contribution is -2.09. The maximum atomic E-state index is 10.7. The van der Waals surface area contributed by atoms with Gasteiger partial charge in [0.2, 0.25) is 0 Å². The molecule has 0 N–H and O–H groups in total. The van der Waals surface area contributed by atoms with Crippen molar-refractivity contribution in [2.75, 3.05) is 6.61 Å². The van der Waals surface area contributed by atoms with E-state index in [2.05, 4.69) is 4.74 Å². The van der Waals surface area contributed by atoms with Gasteiger partial charge in [0, 0.05) is 12.8 Å². The number of halogens is 3. The lowest BCUT2D eigenvalue weighted by Gasteiger charge is -2.08. The minimum Gasteiger partial charge on any atom is -0.466 e. The second kappa shape index (κ2) is 5.07. The molecule has 0 fully saturated rings. The maximum Gasteiger partial charge on any atom is 0.305 e. The predicted octanol–water partition coefficient (Wildman–Crippen LogP) is 2.70. The minimum absolute atomic E-state index is 0.143. The van der Waals surface area contributed by atoms with Crippen molar-refractivity contribution in [2.24, 2.45) is 0 Å². The first kappa shape index (κ1) is 11.3. The first-order valence-electron chi connectivity index (χ1n) is 3.18. The summed E-state index contributed by atoms with van der Waals surface area (Å²) in [5, 5.41) is 0. The Balaban J connectivity index is 3.46. The summed E-state index contributed by atoms with van der Waals surface area (Å²) in [7, 11) is 0. The van der Waals surface area contributed by atoms with Gasteiger partial charge in [-0.15, -0.1) is 0 Å². The van der Waals surface area contributed by atoms with Crippen molar-refractivity contribution >= 4 is 40.8 Å². The molecule has 0 aliphatic rings. The van der Waals surface area contributed by atoms with E-state index in [0.29, 0.717) is 6.61 Å². The highest BCUT2D eigenvalue weighted by atomic mass is 35.6. The molecule has 0 amide bonds. The van der Waals surface area contributed by atoms with Crippen LogP contribution in [0.4, 0.5) is 0 Å². The van der Waals surface area contributed by atoms with Crippen LogP contribution in [0.15, 0.2) is 0 Å². The van der Waals surface area contributed by atoms with Gasteiger partial charge in [-0.1, -0.05) is 34.8 Å². The van der Waals surface area contributed by atoms with Crippen molar-refractivity contribution in [3.05, 3.63) is 0 Å². The van der Waals surface area contributed by atoms with Gasteiger partial charge < -0.3 is 4.74 Å². The summed E-state index contributed by atoms with van der Waals surface area (Å²) >= 11 is 16.2. The first-order valence-corrected chi connectivity index (χ1v) is 4.31. The Labute approximate surface area is 80.7 Å². The fraction of sp³-hybridized carbons (Fsp3) is 0.833. The summed E-state index contributed by atoms with van der Waals surface area (Å²) in [6.45, 7) is 2.09. The van der Waals surface area contributed by atoms with Crippen LogP contribution >= 0.6 is 34.8 Å². The standard InChI is InChI=1S/C6H9Cl3O2/c1-2-11-5(10)3-4-6(7,8)9/h2-4H2,1H3. The van der Waals surface area contributed by atoms with E-state index in [0.717, 1.165) is 0 Å². The molecule has 0 aromatic heterocycles. The molecule has 0 aliphatic heterocycles. The van der Waals surface area contributed by atoms with Gasteiger partial charge in [-0.3, -0.25) is 4.79 Å². The average Bonchev–Trinajstić information content (AvgIpc) is 1.83. The van der Waals surface area contributed by atoms with Gasteiger partial charge in [0.1, 0.15) is 0 Å². The van der Waals surface area contributed by atoms with Gasteiger partial charge in [-0.05, 0) is 6.92 Å². The lowest BCUT2D eigenvalue weighted by molar-refractivity contribution is -0.143. The minimum atomic E-state index is -1.35. The number of ether oxygens (including phenoxy) is 1. The van der Waals surface area contributed by atoms with Crippen LogP contribution in [-0.2, 0) is 9.53 Å². The second-order valence-electron chi connectivity index (χ2n) is 1.92. The SMILES string of the molecule is CCOC(=O)CCC(Cl)(Cl)Cl. The lowest BCUT2D eigenvalue weighted by atomic mass is 10.3. The van der Waals surface area contributed by atoms with Gasteiger partial charge in [0.25, 0.3) is 0 Å². The Bertz CT molecular complexity index is 130. The van der Waals surface area contributed by atoms with Crippen LogP contribution in [0.1, 0.15) is 19.8 Å². The zero-order valence-electron chi connectivity index (χ0n) is 6.07. The predicted molar refractivity (Wildman–Crippen MR) is 46.2 cm³/mol. The second-order valence-corrected chi connectivity index (χ2v) is 4.44. The molecule has 0 bridgehead atoms. The summed E-state index contributed by atoms with van der Waals surface area (Å²) in [6.07, 6.45) is 0.334. The molecular formula is C6H9Cl3O2. The van der Waals surface area contributed by atoms with Crippen LogP contribution in [-0.4, -0.2) is 16.4 Å². The molecule has 0 radical (unpaired) electrons. The van der Waals surface area contributed by atoms with Gasteiger partial charge in [-0.25, -0.2) is 0 Å². The first-order chi connectivity index (χ1) is 4.95. The highest BCUT2D eigenvalue weighted by molar-refractivity contribution is 6.67. The molecule has 5 heteroatoms. The number of carbonyl (C=O) groups is 1. The number of alkyl halides is 3. The van der Waals surface area contributed by atoms with E-state index >= 15 is 0 Å². The van der Waals surface area contributed by atoms with Crippen LogP contribution in [0.25, 0.3) is 0 Å². The highest BCUT2D eigenvalue weighted by Crippen LogP contribution is 2.31. The fourth-order valence-electron chi connectivity index (χ4n) is 0.477. The quantitative estimate of drug-likeness (QED) is 0.539. The molecule has 0 aromatic rings. The van der Waals surface area contributed by atoms with Crippen molar-refractivity contribution in [3.8, 4) is 0 Å². The van der Waals surface area contributed by atoms with E-state index in [4.69, 9.17) is 34.8 Å². The van der Waals surface area contributed by atoms with Crippen molar-refractivity contribution in [1.29, 1.82) is 0 Å². The zero-order chi connectivity index (χ0) is 8.91. The molecule has 0 rings (SSSR count). The summed E-state index contributed by atoms with van der Waals surface area (Å²) in [4.78, 5) is 10.7. The molecule has 0 aliphatic carbocycles. The van der Waals surface area contributed by atoms with E-state index in [1.807, 2.05) is 0 Å². The monoisotopic (exact) mass is 218 g/mol. The topological polar surface area (TPSA) is 26.3 Å². The van der Waals surface area contributed by atoms with Gasteiger partial charge in [-0.2, -0.15) is 0 Å². The third-order valence-electron chi connectivity index (χ3n) is 0.918. The molecule has 0 atom stereocenters. The van der Waals surface area contributed by atoms with Crippen LogP contribution < -0.4 is 0 Å². The summed E-state index contributed by atoms with van der Waals surface area (Å²) in [6, 6.07) is 0. The van der Waals surface area contributed by atoms with Crippen LogP contribution in [0.3, 0.4) is 0 Å². The number of esters is 1. The molecular weight excluding hydrogens is 210 g/mol. The van der Waals surface area contributed by atoms with Gasteiger partial charge in [0.15, 0.2) is 3.79 Å². The molecule has 0 heterocycles. The van der Waals surface area contributed by atoms with E-state index in [1.165, 1.54) is 0 Å². The Morgan fingerprint density at radius 1 is 1.45 bits per heavy atom. The third-order valence-corrected chi connectivity index (χ3v) is 1.48. The molecule has 2 nitrogen and oxygen atoms in total. The van der Waals surface area contributed by atoms with Crippen LogP contribution in [0.2, 0.25) is 0 Å². The van der Waals surface area contributed by atoms with Gasteiger partial charge >= 0.3 is 5.97 Å². The summed E-state index contributed by atoms with van der Waals surface area (Å²) in [5.74, 6) is -0.334. The molecule has 0 unspecified atom stereocenters. The van der Waals surface area contributed by atoms with Crippen molar-refractivity contribution in [1.82, 2.24) is 0 Å². The zero-order valence-corrected chi connectivity index (χ0v) is 8.34. The number of rotatable bonds is 3. The summed E-state index contributed by atoms with van der Waals surface area (Å²) in [5.41, 5.74) is 0. The number of hydrogen-bond acceptors (Lipinski definition) is 2. The Kier molecular flexibility index (Phi) is 5.23. The number of hydrogen-bond donors (Lipinski definition) is 0. The molecule has 0 aromatic carbocycles. The van der Waals surface area contributed by atoms with Gasteiger partial charge in [0.05, 0.1) is 6.61 Å². The Morgan fingerprint density at radius 2 is 2.00 bits per heavy atom. The molecule has 66 valence electrons. The third kappa shape index (κ3) is 8.24. The largest absolute Gasteiger partial charge is 0.466 e. The Hall–Kier alpha value is 0.340. The maximum absolute atomic E-state index is 10.7. The average molecular weight is 219 g/mol. The number of carbonyl (C=O) groups excluding carboxylic acids is 1. The van der Waals surface area contributed by atoms with E-state index in [1.54, 1.807) is 6.92 Å². The Morgan fingerprint density at radius 3 is 2.36 bits per heavy atom. The van der Waals surface area contributed by atoms with Crippen molar-refractivity contribution < 1.29 is 9.53 Å². The van der Waals surface area contributed by atoms with Crippen molar-refractivity contribution in [3.63, 3.8) is 0 Å². The fourth-order valence-corrected chi connectivity index (χ4v) is 0.760. The smallest absolute Gasteiger partial charge is 0.305 e. The van der Waals surface area contributed by atoms with E-state index < -0.39 is 3.79 Å². The molecule has 11 heavy (non-hydrogen) atoms. The van der Waals surface area contributed by atoms with Crippen LogP contribution in [0.5, 0.6) is 0 Å². The summed E-state index contributed by atoms with van der Waals surface area (Å²) < 4.78 is 3.27. The van der Waals surface area contributed by atoms with E-state index in [-0.39, 0.29) is 18.8 Å². The normalized spacial score (nSPS) is 11.3. The van der Waals surface area contributed by atoms with Crippen molar-refractivity contribution in [2.45, 2.75) is 23.6 Å².